The molecule has 1 saturated carbocycles. The maximum Gasteiger partial charge on any atom is 0.144 e. The van der Waals surface area contributed by atoms with Gasteiger partial charge in [0.05, 0.1) is 0 Å². The fraction of sp³-hybridized carbons (Fsp3) is 0.667. The molecule has 0 amide bonds. The number of hydrogen-bond donors (Lipinski definition) is 0. The lowest BCUT2D eigenvalue weighted by Crippen LogP contribution is -1.97. The Hall–Kier alpha value is -0.0700. The number of halogens is 1. The third-order valence-corrected chi connectivity index (χ3v) is 1.24. The van der Waals surface area contributed by atoms with Crippen LogP contribution in [0.4, 0.5) is 4.39 Å². The van der Waals surface area contributed by atoms with E-state index in [-0.39, 0.29) is 6.17 Å². The van der Waals surface area contributed by atoms with Crippen molar-refractivity contribution in [1.82, 2.24) is 0 Å². The second-order valence-electron chi connectivity index (χ2n) is 1.88. The molecule has 0 aliphatic heterocycles. The van der Waals surface area contributed by atoms with Crippen LogP contribution >= 0.6 is 0 Å². The van der Waals surface area contributed by atoms with Crippen molar-refractivity contribution in [3.8, 4) is 0 Å². The largest absolute Gasteiger partial charge is 0.240 e. The molecule has 0 aromatic heterocycles. The number of hydrogen-bond acceptors (Lipinski definition) is 0. The standard InChI is InChI=1S/C6H9F/c7-6-4-2-1-3-5-6/h1H,2-5H2. The zero-order valence-corrected chi connectivity index (χ0v) is 4.28. The highest BCUT2D eigenvalue weighted by atomic mass is 19.1. The van der Waals surface area contributed by atoms with Crippen molar-refractivity contribution in [3.05, 3.63) is 12.6 Å². The van der Waals surface area contributed by atoms with Crippen LogP contribution in [0.1, 0.15) is 25.7 Å². The van der Waals surface area contributed by atoms with Crippen LogP contribution in [0.5, 0.6) is 0 Å². The summed E-state index contributed by atoms with van der Waals surface area (Å²) in [6.07, 6.45) is 5.59. The highest BCUT2D eigenvalue weighted by molar-refractivity contribution is 4.87. The smallest absolute Gasteiger partial charge is 0.144 e. The minimum absolute atomic E-state index is 0.183. The third kappa shape index (κ3) is 1.46. The maximum absolute atomic E-state index is 12.1. The predicted molar refractivity (Wildman–Crippen MR) is 27.1 cm³/mol. The van der Waals surface area contributed by atoms with Gasteiger partial charge in [-0.2, -0.15) is 0 Å². The zero-order chi connectivity index (χ0) is 5.11. The van der Waals surface area contributed by atoms with Gasteiger partial charge < -0.3 is 0 Å². The minimum atomic E-state index is 0.183. The Labute approximate surface area is 43.7 Å². The summed E-state index contributed by atoms with van der Waals surface area (Å²) < 4.78 is 12.1. The van der Waals surface area contributed by atoms with Gasteiger partial charge in [-0.25, -0.2) is 4.39 Å². The summed E-state index contributed by atoms with van der Waals surface area (Å²) in [5.74, 6) is 0. The average molecular weight is 100 g/mol. The molecule has 0 atom stereocenters. The Morgan fingerprint density at radius 1 is 1.29 bits per heavy atom. The fourth-order valence-electron chi connectivity index (χ4n) is 0.787. The summed E-state index contributed by atoms with van der Waals surface area (Å²) >= 11 is 0. The van der Waals surface area contributed by atoms with Gasteiger partial charge in [-0.3, -0.25) is 0 Å². The SMILES string of the molecule is F[C]1CC[CH]CC1. The first-order chi connectivity index (χ1) is 3.39. The first-order valence-electron chi connectivity index (χ1n) is 2.71. The summed E-state index contributed by atoms with van der Waals surface area (Å²) in [6, 6.07) is 0. The summed E-state index contributed by atoms with van der Waals surface area (Å²) in [6.45, 7) is 0. The van der Waals surface area contributed by atoms with E-state index in [1.54, 1.807) is 0 Å². The molecule has 0 spiro atoms. The van der Waals surface area contributed by atoms with Crippen LogP contribution < -0.4 is 0 Å². The first-order valence-corrected chi connectivity index (χ1v) is 2.71. The molecule has 2 radical (unpaired) electrons. The normalized spacial score (nSPS) is 25.3. The minimum Gasteiger partial charge on any atom is -0.240 e. The summed E-state index contributed by atoms with van der Waals surface area (Å²) in [7, 11) is 0. The lowest BCUT2D eigenvalue weighted by molar-refractivity contribution is 0.399. The topological polar surface area (TPSA) is 0 Å². The molecule has 40 valence electrons. The van der Waals surface area contributed by atoms with E-state index >= 15 is 0 Å². The molecule has 1 rings (SSSR count). The highest BCUT2D eigenvalue weighted by Gasteiger charge is 2.11. The van der Waals surface area contributed by atoms with Crippen LogP contribution in [0.25, 0.3) is 0 Å². The Kier molecular flexibility index (Phi) is 1.66. The van der Waals surface area contributed by atoms with Crippen molar-refractivity contribution in [3.63, 3.8) is 0 Å². The van der Waals surface area contributed by atoms with Gasteiger partial charge in [-0.05, 0) is 32.1 Å². The fourth-order valence-corrected chi connectivity index (χ4v) is 0.787. The van der Waals surface area contributed by atoms with Gasteiger partial charge in [-0.1, -0.05) is 0 Å². The molecule has 0 bridgehead atoms. The van der Waals surface area contributed by atoms with E-state index in [1.165, 1.54) is 0 Å². The van der Waals surface area contributed by atoms with Crippen molar-refractivity contribution in [1.29, 1.82) is 0 Å². The summed E-state index contributed by atoms with van der Waals surface area (Å²) in [5, 5.41) is 0. The third-order valence-electron chi connectivity index (χ3n) is 1.24. The molecule has 1 aliphatic rings. The van der Waals surface area contributed by atoms with Crippen molar-refractivity contribution in [2.45, 2.75) is 25.7 Å². The van der Waals surface area contributed by atoms with Crippen LogP contribution in [-0.2, 0) is 0 Å². The zero-order valence-electron chi connectivity index (χ0n) is 4.28. The molecule has 0 N–H and O–H groups in total. The number of rotatable bonds is 0. The molecule has 1 aliphatic carbocycles. The second kappa shape index (κ2) is 2.29. The van der Waals surface area contributed by atoms with Crippen LogP contribution in [0.15, 0.2) is 0 Å². The van der Waals surface area contributed by atoms with E-state index in [9.17, 15) is 4.39 Å². The summed E-state index contributed by atoms with van der Waals surface area (Å²) in [5.41, 5.74) is 0. The Balaban J connectivity index is 2.12. The Bertz CT molecular complexity index is 46.1. The molecule has 1 heteroatoms. The van der Waals surface area contributed by atoms with Gasteiger partial charge in [0, 0.05) is 0 Å². The lowest BCUT2D eigenvalue weighted by Gasteiger charge is -2.10. The molecule has 0 unspecified atom stereocenters. The molecule has 0 nitrogen and oxygen atoms in total. The Morgan fingerprint density at radius 2 is 1.86 bits per heavy atom. The molecule has 0 heterocycles. The van der Waals surface area contributed by atoms with Crippen LogP contribution in [0, 0.1) is 12.6 Å². The van der Waals surface area contributed by atoms with E-state index in [2.05, 4.69) is 6.42 Å². The molecule has 7 heavy (non-hydrogen) atoms. The van der Waals surface area contributed by atoms with Crippen LogP contribution in [0.3, 0.4) is 0 Å². The van der Waals surface area contributed by atoms with Gasteiger partial charge in [0.25, 0.3) is 0 Å². The van der Waals surface area contributed by atoms with Crippen molar-refractivity contribution >= 4 is 0 Å². The monoisotopic (exact) mass is 100 g/mol. The average Bonchev–Trinajstić information content (AvgIpc) is 1.69. The van der Waals surface area contributed by atoms with Crippen molar-refractivity contribution < 1.29 is 4.39 Å². The van der Waals surface area contributed by atoms with E-state index in [0.717, 1.165) is 12.8 Å². The Morgan fingerprint density at radius 3 is 2.14 bits per heavy atom. The van der Waals surface area contributed by atoms with Gasteiger partial charge in [0.1, 0.15) is 6.17 Å². The molecule has 0 aromatic carbocycles. The second-order valence-corrected chi connectivity index (χ2v) is 1.88. The first kappa shape index (κ1) is 5.07. The lowest BCUT2D eigenvalue weighted by atomic mass is 9.99. The quantitative estimate of drug-likeness (QED) is 0.438. The van der Waals surface area contributed by atoms with E-state index < -0.39 is 0 Å². The van der Waals surface area contributed by atoms with Crippen molar-refractivity contribution in [2.75, 3.05) is 0 Å². The highest BCUT2D eigenvalue weighted by Crippen LogP contribution is 2.24. The predicted octanol–water partition coefficient (Wildman–Crippen LogP) is 2.27. The van der Waals surface area contributed by atoms with E-state index in [0.29, 0.717) is 12.8 Å². The molecular weight excluding hydrogens is 91.1 g/mol. The van der Waals surface area contributed by atoms with Crippen LogP contribution in [-0.4, -0.2) is 0 Å². The molecule has 0 saturated heterocycles. The molecular formula is C6H9F. The van der Waals surface area contributed by atoms with E-state index in [4.69, 9.17) is 0 Å². The summed E-state index contributed by atoms with van der Waals surface area (Å²) in [4.78, 5) is 0. The van der Waals surface area contributed by atoms with Gasteiger partial charge in [-0.15, -0.1) is 0 Å². The van der Waals surface area contributed by atoms with Crippen molar-refractivity contribution in [2.24, 2.45) is 0 Å². The van der Waals surface area contributed by atoms with Gasteiger partial charge in [0.15, 0.2) is 0 Å². The maximum atomic E-state index is 12.1. The molecule has 1 fully saturated rings. The molecule has 0 aromatic rings. The van der Waals surface area contributed by atoms with Gasteiger partial charge >= 0.3 is 0 Å². The van der Waals surface area contributed by atoms with Crippen LogP contribution in [0.2, 0.25) is 0 Å². The van der Waals surface area contributed by atoms with Gasteiger partial charge in [0.2, 0.25) is 0 Å². The van der Waals surface area contributed by atoms with E-state index in [1.807, 2.05) is 0 Å².